The third kappa shape index (κ3) is 4.28. The van der Waals surface area contributed by atoms with Crippen LogP contribution in [0.2, 0.25) is 0 Å². The minimum atomic E-state index is -0.149. The van der Waals surface area contributed by atoms with Crippen molar-refractivity contribution in [2.75, 3.05) is 25.0 Å². The largest absolute Gasteiger partial charge is 0.438 e. The molecule has 3 aliphatic heterocycles. The third-order valence-corrected chi connectivity index (χ3v) is 5.79. The lowest BCUT2D eigenvalue weighted by atomic mass is 9.84. The number of hydrogen-bond donors (Lipinski definition) is 2. The number of benzene rings is 1. The van der Waals surface area contributed by atoms with Crippen LogP contribution < -0.4 is 15.4 Å². The topological polar surface area (TPSA) is 83.6 Å². The third-order valence-electron chi connectivity index (χ3n) is 5.10. The summed E-state index contributed by atoms with van der Waals surface area (Å²) in [5.74, 6) is 1.41. The Morgan fingerprint density at radius 1 is 1.22 bits per heavy atom. The highest BCUT2D eigenvalue weighted by Gasteiger charge is 2.34. The predicted molar refractivity (Wildman–Crippen MR) is 103 cm³/mol. The van der Waals surface area contributed by atoms with E-state index < -0.39 is 0 Å². The van der Waals surface area contributed by atoms with Gasteiger partial charge in [0.15, 0.2) is 0 Å². The van der Waals surface area contributed by atoms with Gasteiger partial charge in [-0.15, -0.1) is 0 Å². The van der Waals surface area contributed by atoms with Crippen molar-refractivity contribution >= 4 is 28.3 Å². The fourth-order valence-corrected chi connectivity index (χ4v) is 4.34. The van der Waals surface area contributed by atoms with E-state index in [4.69, 9.17) is 4.74 Å². The first kappa shape index (κ1) is 17.9. The molecular weight excluding hydrogens is 364 g/mol. The lowest BCUT2D eigenvalue weighted by molar-refractivity contribution is -0.114. The van der Waals surface area contributed by atoms with Crippen LogP contribution in [0.1, 0.15) is 30.1 Å². The number of fused-ring (bicyclic) bond motifs is 3. The van der Waals surface area contributed by atoms with Gasteiger partial charge in [0.05, 0.1) is 0 Å². The van der Waals surface area contributed by atoms with E-state index in [1.807, 2.05) is 0 Å². The number of carbonyl (C=O) groups excluding carboxylic acids is 2. The highest BCUT2D eigenvalue weighted by molar-refractivity contribution is 7.10. The maximum absolute atomic E-state index is 12.5. The molecule has 8 heteroatoms. The molecule has 4 heterocycles. The fraction of sp³-hybridized carbons (Fsp3) is 0.421. The molecule has 142 valence electrons. The van der Waals surface area contributed by atoms with E-state index in [1.54, 1.807) is 30.3 Å². The van der Waals surface area contributed by atoms with Crippen LogP contribution in [-0.2, 0) is 4.79 Å². The Labute approximate surface area is 161 Å². The summed E-state index contributed by atoms with van der Waals surface area (Å²) in [6.07, 6.45) is 2.34. The van der Waals surface area contributed by atoms with Gasteiger partial charge in [0.2, 0.25) is 11.8 Å². The molecule has 5 rings (SSSR count). The molecule has 7 nitrogen and oxygen atoms in total. The zero-order chi connectivity index (χ0) is 18.8. The maximum atomic E-state index is 12.5. The molecule has 2 aromatic rings. The summed E-state index contributed by atoms with van der Waals surface area (Å²) in [4.78, 5) is 26.0. The molecule has 2 amide bonds. The van der Waals surface area contributed by atoms with Crippen molar-refractivity contribution < 1.29 is 14.3 Å². The first-order valence-corrected chi connectivity index (χ1v) is 9.89. The number of ether oxygens (including phenoxy) is 1. The Balaban J connectivity index is 1.35. The first-order chi connectivity index (χ1) is 13.1. The summed E-state index contributed by atoms with van der Waals surface area (Å²) in [6, 6.07) is 8.93. The van der Waals surface area contributed by atoms with Gasteiger partial charge in [0.1, 0.15) is 10.8 Å². The Morgan fingerprint density at radius 3 is 2.59 bits per heavy atom. The number of amides is 2. The summed E-state index contributed by atoms with van der Waals surface area (Å²) in [6.45, 7) is 4.71. The molecule has 27 heavy (non-hydrogen) atoms. The zero-order valence-corrected chi connectivity index (χ0v) is 15.9. The molecule has 3 aliphatic rings. The number of nitrogens with one attached hydrogen (secondary N) is 2. The fourth-order valence-electron chi connectivity index (χ4n) is 3.71. The minimum absolute atomic E-state index is 0.0399. The van der Waals surface area contributed by atoms with Gasteiger partial charge >= 0.3 is 0 Å². The van der Waals surface area contributed by atoms with E-state index in [0.717, 1.165) is 31.2 Å². The predicted octanol–water partition coefficient (Wildman–Crippen LogP) is 2.72. The summed E-state index contributed by atoms with van der Waals surface area (Å²) in [7, 11) is 0. The quantitative estimate of drug-likeness (QED) is 0.826. The molecular formula is C19H22N4O3S. The standard InChI is InChI=1S/C19H22N4O3S/c1-12(24)20-18-10-17(22-27-18)26-15-4-2-14(3-5-15)19(25)21-16-11-23-8-6-13(16)7-9-23/h2-5,10,13,16H,6-9,11H2,1H3,(H,20,24)(H,21,25)/t16-/m0/s1. The van der Waals surface area contributed by atoms with Crippen LogP contribution in [-0.4, -0.2) is 46.8 Å². The Kier molecular flexibility index (Phi) is 5.09. The lowest BCUT2D eigenvalue weighted by Gasteiger charge is -2.44. The zero-order valence-electron chi connectivity index (χ0n) is 15.1. The maximum Gasteiger partial charge on any atom is 0.251 e. The SMILES string of the molecule is CC(=O)Nc1cc(Oc2ccc(C(=O)N[C@H]3CN4CCC3CC4)cc2)ns1. The molecule has 1 aromatic heterocycles. The molecule has 1 atom stereocenters. The van der Waals surface area contributed by atoms with Gasteiger partial charge in [-0.1, -0.05) is 0 Å². The summed E-state index contributed by atoms with van der Waals surface area (Å²) < 4.78 is 9.82. The van der Waals surface area contributed by atoms with Crippen molar-refractivity contribution in [2.24, 2.45) is 5.92 Å². The Morgan fingerprint density at radius 2 is 1.96 bits per heavy atom. The van der Waals surface area contributed by atoms with Crippen molar-refractivity contribution in [1.29, 1.82) is 0 Å². The second-order valence-electron chi connectivity index (χ2n) is 7.06. The van der Waals surface area contributed by atoms with Gasteiger partial charge in [0, 0.05) is 31.1 Å². The van der Waals surface area contributed by atoms with E-state index in [1.165, 1.54) is 19.8 Å². The number of nitrogens with zero attached hydrogens (tertiary/aromatic N) is 2. The van der Waals surface area contributed by atoms with Crippen LogP contribution in [0.25, 0.3) is 0 Å². The van der Waals surface area contributed by atoms with E-state index in [0.29, 0.717) is 28.1 Å². The molecule has 0 radical (unpaired) electrons. The molecule has 0 unspecified atom stereocenters. The highest BCUT2D eigenvalue weighted by atomic mass is 32.1. The van der Waals surface area contributed by atoms with Crippen LogP contribution in [0.15, 0.2) is 30.3 Å². The van der Waals surface area contributed by atoms with Crippen LogP contribution in [0, 0.1) is 5.92 Å². The Hall–Kier alpha value is -2.45. The Bertz CT molecular complexity index is 828. The van der Waals surface area contributed by atoms with Crippen molar-refractivity contribution in [3.05, 3.63) is 35.9 Å². The molecule has 0 aliphatic carbocycles. The highest BCUT2D eigenvalue weighted by Crippen LogP contribution is 2.28. The molecule has 2 N–H and O–H groups in total. The molecule has 2 bridgehead atoms. The number of carbonyl (C=O) groups is 2. The summed E-state index contributed by atoms with van der Waals surface area (Å²) >= 11 is 1.16. The van der Waals surface area contributed by atoms with Crippen molar-refractivity contribution in [3.63, 3.8) is 0 Å². The summed E-state index contributed by atoms with van der Waals surface area (Å²) in [5.41, 5.74) is 0.621. The average molecular weight is 386 g/mol. The molecule has 1 aromatic carbocycles. The minimum Gasteiger partial charge on any atom is -0.438 e. The normalized spacial score (nSPS) is 23.7. The van der Waals surface area contributed by atoms with E-state index in [2.05, 4.69) is 19.9 Å². The average Bonchev–Trinajstić information content (AvgIpc) is 3.09. The van der Waals surface area contributed by atoms with Crippen LogP contribution in [0.4, 0.5) is 5.00 Å². The van der Waals surface area contributed by atoms with Crippen molar-refractivity contribution in [1.82, 2.24) is 14.6 Å². The van der Waals surface area contributed by atoms with Crippen LogP contribution >= 0.6 is 11.5 Å². The number of aromatic nitrogens is 1. The van der Waals surface area contributed by atoms with Gasteiger partial charge in [0.25, 0.3) is 5.91 Å². The lowest BCUT2D eigenvalue weighted by Crippen LogP contribution is -2.57. The van der Waals surface area contributed by atoms with E-state index >= 15 is 0 Å². The molecule has 0 saturated carbocycles. The number of hydrogen-bond acceptors (Lipinski definition) is 6. The number of piperidine rings is 3. The van der Waals surface area contributed by atoms with Gasteiger partial charge in [-0.25, -0.2) is 0 Å². The molecule has 0 spiro atoms. The first-order valence-electron chi connectivity index (χ1n) is 9.12. The van der Waals surface area contributed by atoms with Crippen molar-refractivity contribution in [3.8, 4) is 11.6 Å². The van der Waals surface area contributed by atoms with Gasteiger partial charge < -0.3 is 20.3 Å². The second-order valence-corrected chi connectivity index (χ2v) is 7.86. The van der Waals surface area contributed by atoms with Crippen molar-refractivity contribution in [2.45, 2.75) is 25.8 Å². The van der Waals surface area contributed by atoms with E-state index in [-0.39, 0.29) is 17.9 Å². The second kappa shape index (κ2) is 7.66. The molecule has 3 fully saturated rings. The molecule has 3 saturated heterocycles. The van der Waals surface area contributed by atoms with Crippen LogP contribution in [0.3, 0.4) is 0 Å². The summed E-state index contributed by atoms with van der Waals surface area (Å²) in [5, 5.41) is 6.48. The van der Waals surface area contributed by atoms with Gasteiger partial charge in [-0.3, -0.25) is 9.59 Å². The number of rotatable bonds is 5. The van der Waals surface area contributed by atoms with Crippen LogP contribution in [0.5, 0.6) is 11.6 Å². The van der Waals surface area contributed by atoms with E-state index in [9.17, 15) is 9.59 Å². The van der Waals surface area contributed by atoms with Gasteiger partial charge in [-0.2, -0.15) is 4.37 Å². The smallest absolute Gasteiger partial charge is 0.251 e. The number of anilines is 1. The monoisotopic (exact) mass is 386 g/mol. The van der Waals surface area contributed by atoms with Gasteiger partial charge in [-0.05, 0) is 67.6 Å².